The van der Waals surface area contributed by atoms with E-state index in [1.165, 1.54) is 31.2 Å². The highest BCUT2D eigenvalue weighted by Gasteiger charge is 2.38. The van der Waals surface area contributed by atoms with Crippen LogP contribution in [0, 0.1) is 19.8 Å². The number of hydrogen-bond acceptors (Lipinski definition) is 5. The SMILES string of the molecule is Cc1cccc(NC(=O)c2cc(-c3cnc(N4CCCC4)nc3)cn2CC2CC2)c1C.O=C(O)C(F)(F)F. The molecule has 202 valence electrons. The van der Waals surface area contributed by atoms with Crippen LogP contribution in [0.3, 0.4) is 0 Å². The fourth-order valence-corrected chi connectivity index (χ4v) is 4.21. The summed E-state index contributed by atoms with van der Waals surface area (Å²) in [5.41, 5.74) is 5.75. The van der Waals surface area contributed by atoms with Crippen molar-refractivity contribution >= 4 is 23.5 Å². The Morgan fingerprint density at radius 2 is 1.71 bits per heavy atom. The van der Waals surface area contributed by atoms with Gasteiger partial charge in [0.1, 0.15) is 5.69 Å². The number of hydrogen-bond donors (Lipinski definition) is 2. The zero-order chi connectivity index (χ0) is 27.4. The van der Waals surface area contributed by atoms with Crippen molar-refractivity contribution in [3.05, 3.63) is 59.7 Å². The Bertz CT molecular complexity index is 1290. The number of alkyl halides is 3. The molecule has 0 atom stereocenters. The molecule has 8 nitrogen and oxygen atoms in total. The third-order valence-electron chi connectivity index (χ3n) is 6.74. The van der Waals surface area contributed by atoms with Gasteiger partial charge in [0.15, 0.2) is 0 Å². The first-order chi connectivity index (χ1) is 18.0. The van der Waals surface area contributed by atoms with Crippen molar-refractivity contribution in [2.75, 3.05) is 23.3 Å². The largest absolute Gasteiger partial charge is 0.490 e. The number of carboxylic acid groups (broad SMARTS) is 1. The Balaban J connectivity index is 0.000000426. The average Bonchev–Trinajstić information content (AvgIpc) is 3.34. The maximum absolute atomic E-state index is 13.2. The molecule has 2 aromatic heterocycles. The van der Waals surface area contributed by atoms with Gasteiger partial charge in [-0.2, -0.15) is 13.2 Å². The lowest BCUT2D eigenvalue weighted by Crippen LogP contribution is -2.21. The van der Waals surface area contributed by atoms with Crippen LogP contribution in [0.2, 0.25) is 0 Å². The topological polar surface area (TPSA) is 100 Å². The van der Waals surface area contributed by atoms with Gasteiger partial charge in [0.05, 0.1) is 0 Å². The number of carboxylic acids is 1. The van der Waals surface area contributed by atoms with Crippen LogP contribution in [0.5, 0.6) is 0 Å². The monoisotopic (exact) mass is 529 g/mol. The zero-order valence-corrected chi connectivity index (χ0v) is 21.3. The van der Waals surface area contributed by atoms with E-state index in [-0.39, 0.29) is 5.91 Å². The summed E-state index contributed by atoms with van der Waals surface area (Å²) in [5, 5.41) is 10.2. The summed E-state index contributed by atoms with van der Waals surface area (Å²) in [5.74, 6) is -1.37. The van der Waals surface area contributed by atoms with Crippen molar-refractivity contribution in [1.29, 1.82) is 0 Å². The smallest absolute Gasteiger partial charge is 0.475 e. The normalized spacial score (nSPS) is 15.1. The Morgan fingerprint density at radius 3 is 2.29 bits per heavy atom. The van der Waals surface area contributed by atoms with Gasteiger partial charge >= 0.3 is 12.1 Å². The first-order valence-corrected chi connectivity index (χ1v) is 12.5. The number of aliphatic carboxylic acids is 1. The Morgan fingerprint density at radius 1 is 1.08 bits per heavy atom. The van der Waals surface area contributed by atoms with E-state index in [4.69, 9.17) is 9.90 Å². The number of aryl methyl sites for hydroxylation is 1. The number of rotatable bonds is 6. The van der Waals surface area contributed by atoms with E-state index in [1.807, 2.05) is 37.5 Å². The van der Waals surface area contributed by atoms with E-state index in [1.54, 1.807) is 0 Å². The minimum atomic E-state index is -5.08. The number of aromatic nitrogens is 3. The van der Waals surface area contributed by atoms with E-state index in [0.29, 0.717) is 11.6 Å². The molecule has 1 saturated carbocycles. The van der Waals surface area contributed by atoms with Gasteiger partial charge in [-0.3, -0.25) is 4.79 Å². The van der Waals surface area contributed by atoms with Gasteiger partial charge in [-0.05, 0) is 68.7 Å². The van der Waals surface area contributed by atoms with Gasteiger partial charge in [-0.15, -0.1) is 0 Å². The predicted octanol–water partition coefficient (Wildman–Crippen LogP) is 5.46. The minimum absolute atomic E-state index is 0.0739. The molecule has 1 aromatic carbocycles. The second kappa shape index (κ2) is 11.2. The second-order valence-electron chi connectivity index (χ2n) is 9.68. The molecule has 38 heavy (non-hydrogen) atoms. The molecule has 0 bridgehead atoms. The van der Waals surface area contributed by atoms with Crippen LogP contribution < -0.4 is 10.2 Å². The highest BCUT2D eigenvalue weighted by atomic mass is 19.4. The quantitative estimate of drug-likeness (QED) is 0.440. The van der Waals surface area contributed by atoms with Crippen molar-refractivity contribution in [3.63, 3.8) is 0 Å². The summed E-state index contributed by atoms with van der Waals surface area (Å²) >= 11 is 0. The number of nitrogens with one attached hydrogen (secondary N) is 1. The van der Waals surface area contributed by atoms with Gasteiger partial charge in [0.25, 0.3) is 5.91 Å². The standard InChI is InChI=1S/C25H29N5O.C2HF3O2/c1-17-6-5-7-22(18(17)2)28-24(31)23-12-20(16-30(23)15-19-8-9-19)21-13-26-25(27-14-21)29-10-3-4-11-29;3-2(4,5)1(6)7/h5-7,12-14,16,19H,3-4,8-11,15H2,1-2H3,(H,28,31);(H,6,7). The van der Waals surface area contributed by atoms with Crippen LogP contribution in [-0.4, -0.2) is 50.8 Å². The van der Waals surface area contributed by atoms with Crippen LogP contribution in [0.4, 0.5) is 24.8 Å². The van der Waals surface area contributed by atoms with Gasteiger partial charge in [-0.1, -0.05) is 12.1 Å². The highest BCUT2D eigenvalue weighted by Crippen LogP contribution is 2.33. The summed E-state index contributed by atoms with van der Waals surface area (Å²) in [6.45, 7) is 7.03. The molecule has 2 N–H and O–H groups in total. The molecule has 1 aliphatic heterocycles. The number of nitrogens with zero attached hydrogens (tertiary/aromatic N) is 4. The molecule has 0 unspecified atom stereocenters. The van der Waals surface area contributed by atoms with Crippen LogP contribution >= 0.6 is 0 Å². The summed E-state index contributed by atoms with van der Waals surface area (Å²) < 4.78 is 33.8. The van der Waals surface area contributed by atoms with Gasteiger partial charge in [0.2, 0.25) is 5.95 Å². The Kier molecular flexibility index (Phi) is 8.03. The highest BCUT2D eigenvalue weighted by molar-refractivity contribution is 6.04. The molecule has 2 fully saturated rings. The predicted molar refractivity (Wildman–Crippen MR) is 137 cm³/mol. The Hall–Kier alpha value is -3.89. The first-order valence-electron chi connectivity index (χ1n) is 12.5. The molecule has 1 amide bonds. The van der Waals surface area contributed by atoms with E-state index >= 15 is 0 Å². The fourth-order valence-electron chi connectivity index (χ4n) is 4.21. The molecule has 2 aliphatic rings. The zero-order valence-electron chi connectivity index (χ0n) is 21.3. The maximum Gasteiger partial charge on any atom is 0.490 e. The molecule has 0 spiro atoms. The maximum atomic E-state index is 13.2. The van der Waals surface area contributed by atoms with Crippen LogP contribution in [0.1, 0.15) is 47.3 Å². The number of carbonyl (C=O) groups excluding carboxylic acids is 1. The summed E-state index contributed by atoms with van der Waals surface area (Å²) in [6, 6.07) is 7.97. The molecular weight excluding hydrogens is 499 g/mol. The first kappa shape index (κ1) is 27.2. The number of anilines is 2. The number of benzene rings is 1. The lowest BCUT2D eigenvalue weighted by molar-refractivity contribution is -0.192. The summed E-state index contributed by atoms with van der Waals surface area (Å²) in [4.78, 5) is 33.5. The number of amides is 1. The Labute approximate surface area is 218 Å². The minimum Gasteiger partial charge on any atom is -0.475 e. The molecule has 1 saturated heterocycles. The molecule has 3 aromatic rings. The van der Waals surface area contributed by atoms with Crippen LogP contribution in [-0.2, 0) is 11.3 Å². The fraction of sp³-hybridized carbons (Fsp3) is 0.407. The van der Waals surface area contributed by atoms with E-state index in [9.17, 15) is 18.0 Å². The van der Waals surface area contributed by atoms with Crippen molar-refractivity contribution in [2.24, 2.45) is 5.92 Å². The lowest BCUT2D eigenvalue weighted by Gasteiger charge is -2.14. The average molecular weight is 530 g/mol. The van der Waals surface area contributed by atoms with E-state index in [0.717, 1.165) is 48.0 Å². The number of carbonyl (C=O) groups is 2. The molecule has 1 aliphatic carbocycles. The molecular formula is C27H30F3N5O3. The van der Waals surface area contributed by atoms with Crippen molar-refractivity contribution in [3.8, 4) is 11.1 Å². The number of halogens is 3. The van der Waals surface area contributed by atoms with Gasteiger partial charge in [0, 0.05) is 55.0 Å². The van der Waals surface area contributed by atoms with Crippen LogP contribution in [0.25, 0.3) is 11.1 Å². The summed E-state index contributed by atoms with van der Waals surface area (Å²) in [6.07, 6.45) is 5.62. The molecule has 3 heterocycles. The van der Waals surface area contributed by atoms with Gasteiger partial charge < -0.3 is 19.9 Å². The van der Waals surface area contributed by atoms with Crippen molar-refractivity contribution in [2.45, 2.75) is 52.3 Å². The third-order valence-corrected chi connectivity index (χ3v) is 6.74. The van der Waals surface area contributed by atoms with Crippen LogP contribution in [0.15, 0.2) is 42.9 Å². The molecule has 5 rings (SSSR count). The molecule has 11 heteroatoms. The van der Waals surface area contributed by atoms with E-state index < -0.39 is 12.1 Å². The van der Waals surface area contributed by atoms with Crippen molar-refractivity contribution < 1.29 is 27.9 Å². The second-order valence-corrected chi connectivity index (χ2v) is 9.68. The lowest BCUT2D eigenvalue weighted by atomic mass is 10.1. The van der Waals surface area contributed by atoms with Crippen molar-refractivity contribution in [1.82, 2.24) is 14.5 Å². The van der Waals surface area contributed by atoms with Gasteiger partial charge in [-0.25, -0.2) is 14.8 Å². The molecule has 0 radical (unpaired) electrons. The third kappa shape index (κ3) is 6.70. The summed E-state index contributed by atoms with van der Waals surface area (Å²) in [7, 11) is 0. The van der Waals surface area contributed by atoms with E-state index in [2.05, 4.69) is 43.9 Å².